The number of rotatable bonds is 7. The topological polar surface area (TPSA) is 63.1 Å². The summed E-state index contributed by atoms with van der Waals surface area (Å²) in [6.07, 6.45) is 8.75. The molecule has 1 saturated heterocycles. The normalized spacial score (nSPS) is 16.4. The van der Waals surface area contributed by atoms with Crippen LogP contribution in [0.3, 0.4) is 0 Å². The Hall–Kier alpha value is -2.37. The zero-order chi connectivity index (χ0) is 20.1. The van der Waals surface area contributed by atoms with E-state index in [1.165, 1.54) is 12.8 Å². The van der Waals surface area contributed by atoms with E-state index in [1.54, 1.807) is 6.20 Å². The van der Waals surface area contributed by atoms with Crippen LogP contribution in [-0.4, -0.2) is 40.1 Å². The molecule has 0 atom stereocenters. The number of nitrogens with one attached hydrogen (secondary N) is 1. The minimum Gasteiger partial charge on any atom is -0.357 e. The summed E-state index contributed by atoms with van der Waals surface area (Å²) in [4.78, 5) is 23.6. The standard InChI is InChI=1S/C22H33N5O/c1-17(2)20-23-11-15-27(20)12-5-10-24-21(28)18-6-7-19(25-16-18)26-13-8-22(3,4)9-14-26/h6-7,11,15-17H,5,8-10,12-14H2,1-4H3,(H,24,28). The number of amides is 1. The number of carbonyl (C=O) groups excluding carboxylic acids is 1. The molecule has 28 heavy (non-hydrogen) atoms. The number of imidazole rings is 1. The molecule has 3 heterocycles. The Morgan fingerprint density at radius 1 is 1.21 bits per heavy atom. The van der Waals surface area contributed by atoms with Crippen molar-refractivity contribution >= 4 is 11.7 Å². The number of anilines is 1. The first-order chi connectivity index (χ1) is 13.4. The van der Waals surface area contributed by atoms with Crippen molar-refractivity contribution in [2.45, 2.75) is 59.4 Å². The summed E-state index contributed by atoms with van der Waals surface area (Å²) in [7, 11) is 0. The second-order valence-electron chi connectivity index (χ2n) is 8.80. The number of pyridine rings is 1. The number of aromatic nitrogens is 3. The van der Waals surface area contributed by atoms with Crippen LogP contribution in [-0.2, 0) is 6.54 Å². The molecule has 0 aromatic carbocycles. The lowest BCUT2D eigenvalue weighted by atomic mass is 9.83. The van der Waals surface area contributed by atoms with Crippen LogP contribution in [0.1, 0.15) is 69.1 Å². The quantitative estimate of drug-likeness (QED) is 0.738. The van der Waals surface area contributed by atoms with Gasteiger partial charge in [-0.25, -0.2) is 9.97 Å². The second kappa shape index (κ2) is 8.76. The molecule has 0 saturated carbocycles. The van der Waals surface area contributed by atoms with Crippen LogP contribution in [0, 0.1) is 5.41 Å². The van der Waals surface area contributed by atoms with Crippen LogP contribution < -0.4 is 10.2 Å². The number of aryl methyl sites for hydroxylation is 1. The van der Waals surface area contributed by atoms with Crippen LogP contribution in [0.5, 0.6) is 0 Å². The van der Waals surface area contributed by atoms with Crippen LogP contribution in [0.2, 0.25) is 0 Å². The predicted molar refractivity (Wildman–Crippen MR) is 113 cm³/mol. The third-order valence-electron chi connectivity index (χ3n) is 5.58. The summed E-state index contributed by atoms with van der Waals surface area (Å²) in [6, 6.07) is 3.85. The highest BCUT2D eigenvalue weighted by Crippen LogP contribution is 2.31. The Morgan fingerprint density at radius 3 is 2.61 bits per heavy atom. The Bertz CT molecular complexity index is 768. The molecular formula is C22H33N5O. The zero-order valence-corrected chi connectivity index (χ0v) is 17.6. The van der Waals surface area contributed by atoms with E-state index in [-0.39, 0.29) is 5.91 Å². The Kier molecular flexibility index (Phi) is 6.37. The van der Waals surface area contributed by atoms with Gasteiger partial charge in [-0.1, -0.05) is 27.7 Å². The van der Waals surface area contributed by atoms with Gasteiger partial charge in [-0.05, 0) is 36.8 Å². The van der Waals surface area contributed by atoms with Gasteiger partial charge in [0.2, 0.25) is 0 Å². The fourth-order valence-electron chi connectivity index (χ4n) is 3.61. The molecule has 2 aromatic rings. The van der Waals surface area contributed by atoms with Crippen molar-refractivity contribution in [2.24, 2.45) is 5.41 Å². The molecule has 1 N–H and O–H groups in total. The van der Waals surface area contributed by atoms with E-state index in [1.807, 2.05) is 24.5 Å². The van der Waals surface area contributed by atoms with Gasteiger partial charge in [-0.3, -0.25) is 4.79 Å². The van der Waals surface area contributed by atoms with Gasteiger partial charge in [0.1, 0.15) is 11.6 Å². The van der Waals surface area contributed by atoms with Gasteiger partial charge < -0.3 is 14.8 Å². The molecule has 0 radical (unpaired) electrons. The number of hydrogen-bond donors (Lipinski definition) is 1. The third-order valence-corrected chi connectivity index (χ3v) is 5.58. The minimum absolute atomic E-state index is 0.0615. The van der Waals surface area contributed by atoms with Gasteiger partial charge in [0.25, 0.3) is 5.91 Å². The molecule has 0 unspecified atom stereocenters. The summed E-state index contributed by atoms with van der Waals surface area (Å²) in [6.45, 7) is 12.5. The molecule has 3 rings (SSSR count). The van der Waals surface area contributed by atoms with E-state index in [2.05, 4.69) is 52.4 Å². The summed E-state index contributed by atoms with van der Waals surface area (Å²) in [5.41, 5.74) is 1.04. The summed E-state index contributed by atoms with van der Waals surface area (Å²) in [5, 5.41) is 2.99. The maximum atomic E-state index is 12.4. The molecule has 1 fully saturated rings. The highest BCUT2D eigenvalue weighted by molar-refractivity contribution is 5.94. The lowest BCUT2D eigenvalue weighted by Gasteiger charge is -2.37. The number of nitrogens with zero attached hydrogens (tertiary/aromatic N) is 4. The summed E-state index contributed by atoms with van der Waals surface area (Å²) in [5.74, 6) is 2.40. The first kappa shape index (κ1) is 20.4. The van der Waals surface area contributed by atoms with E-state index in [0.29, 0.717) is 23.4 Å². The lowest BCUT2D eigenvalue weighted by Crippen LogP contribution is -2.37. The maximum absolute atomic E-state index is 12.4. The summed E-state index contributed by atoms with van der Waals surface area (Å²) < 4.78 is 2.16. The van der Waals surface area contributed by atoms with Crippen molar-refractivity contribution in [1.82, 2.24) is 19.9 Å². The van der Waals surface area contributed by atoms with Crippen molar-refractivity contribution in [3.8, 4) is 0 Å². The maximum Gasteiger partial charge on any atom is 0.252 e. The minimum atomic E-state index is -0.0615. The van der Waals surface area contributed by atoms with E-state index in [9.17, 15) is 4.79 Å². The Balaban J connectivity index is 1.45. The lowest BCUT2D eigenvalue weighted by molar-refractivity contribution is 0.0952. The van der Waals surface area contributed by atoms with Gasteiger partial charge >= 0.3 is 0 Å². The van der Waals surface area contributed by atoms with Crippen molar-refractivity contribution in [1.29, 1.82) is 0 Å². The van der Waals surface area contributed by atoms with Gasteiger partial charge in [0.05, 0.1) is 5.56 Å². The van der Waals surface area contributed by atoms with Gasteiger partial charge in [0.15, 0.2) is 0 Å². The van der Waals surface area contributed by atoms with Crippen LogP contribution in [0.4, 0.5) is 5.82 Å². The average Bonchev–Trinajstić information content (AvgIpc) is 3.14. The first-order valence-electron chi connectivity index (χ1n) is 10.4. The highest BCUT2D eigenvalue weighted by Gasteiger charge is 2.25. The first-order valence-corrected chi connectivity index (χ1v) is 10.4. The van der Waals surface area contributed by atoms with Crippen molar-refractivity contribution in [3.05, 3.63) is 42.1 Å². The highest BCUT2D eigenvalue weighted by atomic mass is 16.1. The largest absolute Gasteiger partial charge is 0.357 e. The molecule has 0 spiro atoms. The average molecular weight is 384 g/mol. The smallest absolute Gasteiger partial charge is 0.252 e. The molecule has 1 amide bonds. The monoisotopic (exact) mass is 383 g/mol. The number of carbonyl (C=O) groups is 1. The Labute approximate surface area is 168 Å². The van der Waals surface area contributed by atoms with Crippen molar-refractivity contribution in [3.63, 3.8) is 0 Å². The molecule has 2 aromatic heterocycles. The molecule has 6 nitrogen and oxygen atoms in total. The number of hydrogen-bond acceptors (Lipinski definition) is 4. The molecule has 0 bridgehead atoms. The fourth-order valence-corrected chi connectivity index (χ4v) is 3.61. The predicted octanol–water partition coefficient (Wildman–Crippen LogP) is 3.85. The molecule has 1 aliphatic heterocycles. The van der Waals surface area contributed by atoms with Crippen LogP contribution in [0.25, 0.3) is 0 Å². The molecular weight excluding hydrogens is 350 g/mol. The fraction of sp³-hybridized carbons (Fsp3) is 0.591. The van der Waals surface area contributed by atoms with Crippen molar-refractivity contribution in [2.75, 3.05) is 24.5 Å². The molecule has 6 heteroatoms. The molecule has 1 aliphatic rings. The van der Waals surface area contributed by atoms with E-state index < -0.39 is 0 Å². The second-order valence-corrected chi connectivity index (χ2v) is 8.80. The van der Waals surface area contributed by atoms with Crippen LogP contribution >= 0.6 is 0 Å². The Morgan fingerprint density at radius 2 is 1.96 bits per heavy atom. The number of piperidine rings is 1. The van der Waals surface area contributed by atoms with Crippen LogP contribution in [0.15, 0.2) is 30.7 Å². The zero-order valence-electron chi connectivity index (χ0n) is 17.6. The molecule has 152 valence electrons. The van der Waals surface area contributed by atoms with Gasteiger partial charge in [-0.2, -0.15) is 0 Å². The third kappa shape index (κ3) is 5.12. The molecule has 0 aliphatic carbocycles. The summed E-state index contributed by atoms with van der Waals surface area (Å²) >= 11 is 0. The van der Waals surface area contributed by atoms with Crippen molar-refractivity contribution < 1.29 is 4.79 Å². The SMILES string of the molecule is CC(C)c1nccn1CCCNC(=O)c1ccc(N2CCC(C)(C)CC2)nc1. The van der Waals surface area contributed by atoms with E-state index in [0.717, 1.165) is 37.7 Å². The van der Waals surface area contributed by atoms with Gasteiger partial charge in [0, 0.05) is 50.7 Å². The van der Waals surface area contributed by atoms with E-state index >= 15 is 0 Å². The van der Waals surface area contributed by atoms with Gasteiger partial charge in [-0.15, -0.1) is 0 Å². The van der Waals surface area contributed by atoms with E-state index in [4.69, 9.17) is 0 Å².